The lowest BCUT2D eigenvalue weighted by molar-refractivity contribution is 0.0996. The number of fused-ring (bicyclic) bond motifs is 1. The Balaban J connectivity index is 1.83. The lowest BCUT2D eigenvalue weighted by Crippen LogP contribution is -2.10. The highest BCUT2D eigenvalue weighted by Gasteiger charge is 2.14. The fraction of sp³-hybridized carbons (Fsp3) is 0.0588. The molecule has 0 aliphatic carbocycles. The van der Waals surface area contributed by atoms with Gasteiger partial charge < -0.3 is 9.73 Å². The lowest BCUT2D eigenvalue weighted by atomic mass is 10.1. The SMILES string of the molecule is CC(=O)c1ccc(NC(=O)c2cc3c(Br)cccc3o2)cc1. The molecule has 2 aromatic carbocycles. The van der Waals surface area contributed by atoms with Crippen LogP contribution in [0.2, 0.25) is 0 Å². The van der Waals surface area contributed by atoms with Gasteiger partial charge >= 0.3 is 0 Å². The van der Waals surface area contributed by atoms with Crippen LogP contribution < -0.4 is 5.32 Å². The van der Waals surface area contributed by atoms with Crippen molar-refractivity contribution in [2.75, 3.05) is 5.32 Å². The largest absolute Gasteiger partial charge is 0.451 e. The van der Waals surface area contributed by atoms with E-state index in [-0.39, 0.29) is 17.5 Å². The Bertz CT molecular complexity index is 865. The molecule has 1 amide bonds. The Morgan fingerprint density at radius 2 is 1.82 bits per heavy atom. The molecule has 0 fully saturated rings. The number of Topliss-reactive ketones (excluding diaryl/α,β-unsaturated/α-hetero) is 1. The van der Waals surface area contributed by atoms with Crippen molar-refractivity contribution in [1.29, 1.82) is 0 Å². The summed E-state index contributed by atoms with van der Waals surface area (Å²) in [6, 6.07) is 14.0. The molecule has 3 aromatic rings. The van der Waals surface area contributed by atoms with Crippen molar-refractivity contribution in [3.05, 3.63) is 64.3 Å². The van der Waals surface area contributed by atoms with Crippen molar-refractivity contribution < 1.29 is 14.0 Å². The Hall–Kier alpha value is -2.40. The first-order chi connectivity index (χ1) is 10.5. The second-order valence-corrected chi connectivity index (χ2v) is 5.70. The maximum Gasteiger partial charge on any atom is 0.291 e. The van der Waals surface area contributed by atoms with Gasteiger partial charge in [-0.1, -0.05) is 22.0 Å². The number of hydrogen-bond donors (Lipinski definition) is 1. The van der Waals surface area contributed by atoms with Gasteiger partial charge in [-0.25, -0.2) is 0 Å². The summed E-state index contributed by atoms with van der Waals surface area (Å²) in [5, 5.41) is 3.59. The van der Waals surface area contributed by atoms with Crippen molar-refractivity contribution in [3.8, 4) is 0 Å². The zero-order valence-corrected chi connectivity index (χ0v) is 13.3. The molecule has 0 atom stereocenters. The minimum absolute atomic E-state index is 0.0139. The number of nitrogens with one attached hydrogen (secondary N) is 1. The highest BCUT2D eigenvalue weighted by atomic mass is 79.9. The third kappa shape index (κ3) is 2.80. The molecule has 1 N–H and O–H groups in total. The van der Waals surface area contributed by atoms with Gasteiger partial charge in [0, 0.05) is 21.1 Å². The first-order valence-corrected chi connectivity index (χ1v) is 7.44. The Labute approximate surface area is 135 Å². The highest BCUT2D eigenvalue weighted by molar-refractivity contribution is 9.10. The molecule has 0 radical (unpaired) electrons. The summed E-state index contributed by atoms with van der Waals surface area (Å²) >= 11 is 3.42. The van der Waals surface area contributed by atoms with Gasteiger partial charge in [-0.2, -0.15) is 0 Å². The van der Waals surface area contributed by atoms with Gasteiger partial charge in [0.25, 0.3) is 5.91 Å². The average molecular weight is 358 g/mol. The van der Waals surface area contributed by atoms with Crippen molar-refractivity contribution in [1.82, 2.24) is 0 Å². The van der Waals surface area contributed by atoms with Crippen LogP contribution in [0.25, 0.3) is 11.0 Å². The van der Waals surface area contributed by atoms with E-state index < -0.39 is 0 Å². The third-order valence-corrected chi connectivity index (χ3v) is 3.97. The molecule has 1 heterocycles. The van der Waals surface area contributed by atoms with Crippen LogP contribution in [-0.2, 0) is 0 Å². The van der Waals surface area contributed by atoms with Crippen molar-refractivity contribution in [2.24, 2.45) is 0 Å². The van der Waals surface area contributed by atoms with Gasteiger partial charge in [0.1, 0.15) is 5.58 Å². The molecule has 0 saturated carbocycles. The van der Waals surface area contributed by atoms with Crippen LogP contribution in [0.3, 0.4) is 0 Å². The van der Waals surface area contributed by atoms with E-state index in [1.54, 1.807) is 36.4 Å². The number of carbonyl (C=O) groups is 2. The second kappa shape index (κ2) is 5.77. The Kier molecular flexibility index (Phi) is 3.81. The number of halogens is 1. The van der Waals surface area contributed by atoms with Crippen molar-refractivity contribution in [2.45, 2.75) is 6.92 Å². The van der Waals surface area contributed by atoms with E-state index in [0.717, 1.165) is 9.86 Å². The molecule has 4 nitrogen and oxygen atoms in total. The number of benzene rings is 2. The number of carbonyl (C=O) groups excluding carboxylic acids is 2. The predicted molar refractivity (Wildman–Crippen MR) is 88.3 cm³/mol. The molecule has 22 heavy (non-hydrogen) atoms. The molecule has 0 spiro atoms. The lowest BCUT2D eigenvalue weighted by Gasteiger charge is -2.03. The average Bonchev–Trinajstić information content (AvgIpc) is 2.93. The smallest absolute Gasteiger partial charge is 0.291 e. The van der Waals surface area contributed by atoms with Gasteiger partial charge in [-0.3, -0.25) is 9.59 Å². The van der Waals surface area contributed by atoms with E-state index in [2.05, 4.69) is 21.2 Å². The number of furan rings is 1. The minimum Gasteiger partial charge on any atom is -0.451 e. The van der Waals surface area contributed by atoms with E-state index in [4.69, 9.17) is 4.42 Å². The van der Waals surface area contributed by atoms with E-state index >= 15 is 0 Å². The summed E-state index contributed by atoms with van der Waals surface area (Å²) in [6.07, 6.45) is 0. The molecule has 0 aliphatic heterocycles. The second-order valence-electron chi connectivity index (χ2n) is 4.85. The first-order valence-electron chi connectivity index (χ1n) is 6.65. The molecular formula is C17H12BrNO3. The van der Waals surface area contributed by atoms with Gasteiger partial charge in [0.05, 0.1) is 0 Å². The van der Waals surface area contributed by atoms with Crippen molar-refractivity contribution >= 4 is 44.3 Å². The van der Waals surface area contributed by atoms with Crippen LogP contribution in [0, 0.1) is 0 Å². The monoisotopic (exact) mass is 357 g/mol. The summed E-state index contributed by atoms with van der Waals surface area (Å²) in [4.78, 5) is 23.5. The molecule has 5 heteroatoms. The normalized spacial score (nSPS) is 10.6. The predicted octanol–water partition coefficient (Wildman–Crippen LogP) is 4.65. The molecule has 3 rings (SSSR count). The van der Waals surface area contributed by atoms with Crippen LogP contribution in [0.5, 0.6) is 0 Å². The molecule has 0 aliphatic rings. The maximum absolute atomic E-state index is 12.2. The summed E-state index contributed by atoms with van der Waals surface area (Å²) in [7, 11) is 0. The molecule has 0 bridgehead atoms. The summed E-state index contributed by atoms with van der Waals surface area (Å²) < 4.78 is 6.42. The van der Waals surface area contributed by atoms with Crippen LogP contribution in [-0.4, -0.2) is 11.7 Å². The Morgan fingerprint density at radius 1 is 1.09 bits per heavy atom. The molecule has 0 unspecified atom stereocenters. The van der Waals surface area contributed by atoms with Crippen molar-refractivity contribution in [3.63, 3.8) is 0 Å². The summed E-state index contributed by atoms with van der Waals surface area (Å²) in [5.74, 6) is -0.115. The number of anilines is 1. The molecular weight excluding hydrogens is 346 g/mol. The van der Waals surface area contributed by atoms with E-state index in [9.17, 15) is 9.59 Å². The first kappa shape index (κ1) is 14.5. The topological polar surface area (TPSA) is 59.3 Å². The molecule has 0 saturated heterocycles. The maximum atomic E-state index is 12.2. The number of ketones is 1. The zero-order valence-electron chi connectivity index (χ0n) is 11.7. The zero-order chi connectivity index (χ0) is 15.7. The van der Waals surface area contributed by atoms with Crippen LogP contribution in [0.15, 0.2) is 57.4 Å². The quantitative estimate of drug-likeness (QED) is 0.694. The fourth-order valence-corrected chi connectivity index (χ4v) is 2.58. The van der Waals surface area contributed by atoms with Gasteiger partial charge in [-0.15, -0.1) is 0 Å². The summed E-state index contributed by atoms with van der Waals surface area (Å²) in [6.45, 7) is 1.50. The minimum atomic E-state index is -0.335. The summed E-state index contributed by atoms with van der Waals surface area (Å²) in [5.41, 5.74) is 1.85. The van der Waals surface area contributed by atoms with E-state index in [0.29, 0.717) is 16.8 Å². The number of amides is 1. The van der Waals surface area contributed by atoms with Crippen LogP contribution in [0.4, 0.5) is 5.69 Å². The molecule has 110 valence electrons. The Morgan fingerprint density at radius 3 is 2.45 bits per heavy atom. The highest BCUT2D eigenvalue weighted by Crippen LogP contribution is 2.27. The van der Waals surface area contributed by atoms with E-state index in [1.165, 1.54) is 6.92 Å². The van der Waals surface area contributed by atoms with Gasteiger partial charge in [0.2, 0.25) is 0 Å². The van der Waals surface area contributed by atoms with Crippen LogP contribution >= 0.6 is 15.9 Å². The van der Waals surface area contributed by atoms with Gasteiger partial charge in [0.15, 0.2) is 11.5 Å². The molecule has 1 aromatic heterocycles. The number of hydrogen-bond acceptors (Lipinski definition) is 3. The van der Waals surface area contributed by atoms with E-state index in [1.807, 2.05) is 12.1 Å². The fourth-order valence-electron chi connectivity index (χ4n) is 2.12. The van der Waals surface area contributed by atoms with Gasteiger partial charge in [-0.05, 0) is 49.4 Å². The number of rotatable bonds is 3. The standard InChI is InChI=1S/C17H12BrNO3/c1-10(20)11-5-7-12(8-6-11)19-17(21)16-9-13-14(18)3-2-4-15(13)22-16/h2-9H,1H3,(H,19,21). The van der Waals surface area contributed by atoms with Crippen LogP contribution in [0.1, 0.15) is 27.8 Å². The third-order valence-electron chi connectivity index (χ3n) is 3.28.